The summed E-state index contributed by atoms with van der Waals surface area (Å²) in [7, 11) is -3.34. The molecule has 130 valence electrons. The summed E-state index contributed by atoms with van der Waals surface area (Å²) in [6.07, 6.45) is 4.44. The van der Waals surface area contributed by atoms with Crippen molar-refractivity contribution in [3.63, 3.8) is 0 Å². The zero-order valence-electron chi connectivity index (χ0n) is 14.1. The van der Waals surface area contributed by atoms with Crippen molar-refractivity contribution in [2.75, 3.05) is 26.0 Å². The molecule has 0 saturated carbocycles. The van der Waals surface area contributed by atoms with Crippen LogP contribution in [0.5, 0.6) is 0 Å². The second kappa shape index (κ2) is 8.26. The number of nitrogens with one attached hydrogen (secondary N) is 1. The third-order valence-electron chi connectivity index (χ3n) is 4.69. The maximum atomic E-state index is 11.8. The molecule has 1 atom stereocenters. The van der Waals surface area contributed by atoms with Gasteiger partial charge in [-0.1, -0.05) is 13.8 Å². The molecule has 1 saturated heterocycles. The van der Waals surface area contributed by atoms with E-state index in [0.717, 1.165) is 31.9 Å². The van der Waals surface area contributed by atoms with E-state index < -0.39 is 21.0 Å². The molecule has 0 radical (unpaired) electrons. The molecule has 6 nitrogen and oxygen atoms in total. The van der Waals surface area contributed by atoms with Gasteiger partial charge in [0.25, 0.3) is 0 Å². The van der Waals surface area contributed by atoms with Crippen molar-refractivity contribution in [2.24, 2.45) is 5.41 Å². The summed E-state index contributed by atoms with van der Waals surface area (Å²) < 4.78 is 34.0. The van der Waals surface area contributed by atoms with E-state index in [0.29, 0.717) is 19.8 Å². The van der Waals surface area contributed by atoms with E-state index >= 15 is 0 Å². The molecule has 0 aliphatic carbocycles. The van der Waals surface area contributed by atoms with Crippen LogP contribution in [0.25, 0.3) is 0 Å². The number of hydrogen-bond acceptors (Lipinski definition) is 5. The van der Waals surface area contributed by atoms with Crippen molar-refractivity contribution < 1.29 is 22.7 Å². The summed E-state index contributed by atoms with van der Waals surface area (Å²) in [4.78, 5) is 11.8. The summed E-state index contributed by atoms with van der Waals surface area (Å²) in [5.41, 5.74) is -0.0380. The van der Waals surface area contributed by atoms with Crippen LogP contribution in [0.4, 0.5) is 0 Å². The van der Waals surface area contributed by atoms with E-state index in [4.69, 9.17) is 9.47 Å². The van der Waals surface area contributed by atoms with E-state index in [2.05, 4.69) is 19.2 Å². The maximum Gasteiger partial charge on any atom is 0.238 e. The molecule has 0 bridgehead atoms. The molecular weight excluding hydrogens is 306 g/mol. The number of carbonyl (C=O) groups is 1. The minimum absolute atomic E-state index is 0.0380. The van der Waals surface area contributed by atoms with Crippen molar-refractivity contribution in [3.05, 3.63) is 0 Å². The van der Waals surface area contributed by atoms with Crippen LogP contribution < -0.4 is 5.32 Å². The third kappa shape index (κ3) is 4.93. The molecular formula is C15H29NO5S. The van der Waals surface area contributed by atoms with Crippen LogP contribution in [0.3, 0.4) is 0 Å². The highest BCUT2D eigenvalue weighted by Crippen LogP contribution is 2.39. The van der Waals surface area contributed by atoms with Gasteiger partial charge in [0.15, 0.2) is 16.1 Å². The van der Waals surface area contributed by atoms with Crippen LogP contribution in [0.15, 0.2) is 0 Å². The number of rotatable bonds is 9. The van der Waals surface area contributed by atoms with Crippen LogP contribution in [-0.4, -0.2) is 51.9 Å². The maximum absolute atomic E-state index is 11.8. The van der Waals surface area contributed by atoms with Gasteiger partial charge in [-0.15, -0.1) is 0 Å². The normalized spacial score (nSPS) is 18.4. The van der Waals surface area contributed by atoms with E-state index in [9.17, 15) is 13.2 Å². The molecule has 1 heterocycles. The molecule has 0 aromatic heterocycles. The predicted molar refractivity (Wildman–Crippen MR) is 85.3 cm³/mol. The van der Waals surface area contributed by atoms with Crippen molar-refractivity contribution in [1.29, 1.82) is 0 Å². The molecule has 1 N–H and O–H groups in total. The Kier molecular flexibility index (Phi) is 7.28. The van der Waals surface area contributed by atoms with Crippen molar-refractivity contribution >= 4 is 15.7 Å². The molecule has 1 unspecified atom stereocenters. The average Bonchev–Trinajstić information content (AvgIpc) is 3.00. The van der Waals surface area contributed by atoms with Gasteiger partial charge in [-0.2, -0.15) is 0 Å². The highest BCUT2D eigenvalue weighted by atomic mass is 32.2. The second-order valence-corrected chi connectivity index (χ2v) is 8.38. The number of carbonyl (C=O) groups excluding carboxylic acids is 1. The van der Waals surface area contributed by atoms with Crippen LogP contribution in [0.1, 0.15) is 46.5 Å². The van der Waals surface area contributed by atoms with Crippen LogP contribution in [0, 0.1) is 5.41 Å². The predicted octanol–water partition coefficient (Wildman–Crippen LogP) is 1.50. The molecule has 1 fully saturated rings. The molecule has 0 aromatic rings. The lowest BCUT2D eigenvalue weighted by Gasteiger charge is -2.36. The Morgan fingerprint density at radius 3 is 2.27 bits per heavy atom. The first-order valence-corrected chi connectivity index (χ1v) is 9.92. The molecule has 7 heteroatoms. The van der Waals surface area contributed by atoms with Gasteiger partial charge in [0.2, 0.25) is 5.91 Å². The van der Waals surface area contributed by atoms with Gasteiger partial charge in [0.05, 0.1) is 13.2 Å². The lowest BCUT2D eigenvalue weighted by Crippen LogP contribution is -2.39. The summed E-state index contributed by atoms with van der Waals surface area (Å²) in [5.74, 6) is -0.436. The number of ether oxygens (including phenoxy) is 2. The molecule has 1 amide bonds. The van der Waals surface area contributed by atoms with Gasteiger partial charge in [0, 0.05) is 18.2 Å². The first kappa shape index (κ1) is 19.4. The molecule has 0 aromatic carbocycles. The monoisotopic (exact) mass is 335 g/mol. The van der Waals surface area contributed by atoms with Gasteiger partial charge in [-0.3, -0.25) is 4.79 Å². The lowest BCUT2D eigenvalue weighted by atomic mass is 9.77. The first-order chi connectivity index (χ1) is 10.3. The number of amides is 1. The smallest absolute Gasteiger partial charge is 0.238 e. The Hall–Kier alpha value is -0.660. The van der Waals surface area contributed by atoms with Gasteiger partial charge in [0.1, 0.15) is 5.25 Å². The second-order valence-electron chi connectivity index (χ2n) is 6.01. The van der Waals surface area contributed by atoms with Crippen LogP contribution in [-0.2, 0) is 24.1 Å². The SMILES string of the molecule is CCC(CC)(CCCNC(=O)C(C)S(C)(=O)=O)C1OCCO1. The summed E-state index contributed by atoms with van der Waals surface area (Å²) in [6, 6.07) is 0. The highest BCUT2D eigenvalue weighted by molar-refractivity contribution is 7.92. The standard InChI is InChI=1S/C15H29NO5S/c1-5-15(6-2,14-20-10-11-21-14)8-7-9-16-13(17)12(3)22(4,18)19/h12,14H,5-11H2,1-4H3,(H,16,17). The van der Waals surface area contributed by atoms with Crippen molar-refractivity contribution in [3.8, 4) is 0 Å². The van der Waals surface area contributed by atoms with Gasteiger partial charge < -0.3 is 14.8 Å². The quantitative estimate of drug-likeness (QED) is 0.646. The average molecular weight is 335 g/mol. The van der Waals surface area contributed by atoms with E-state index in [1.54, 1.807) is 0 Å². The van der Waals surface area contributed by atoms with Gasteiger partial charge >= 0.3 is 0 Å². The lowest BCUT2D eigenvalue weighted by molar-refractivity contribution is -0.140. The fraction of sp³-hybridized carbons (Fsp3) is 0.933. The Balaban J connectivity index is 2.45. The third-order valence-corrected chi connectivity index (χ3v) is 6.19. The Bertz CT molecular complexity index is 453. The molecule has 0 spiro atoms. The summed E-state index contributed by atoms with van der Waals surface area (Å²) in [6.45, 7) is 7.39. The summed E-state index contributed by atoms with van der Waals surface area (Å²) in [5, 5.41) is 1.70. The Morgan fingerprint density at radius 1 is 1.27 bits per heavy atom. The zero-order valence-corrected chi connectivity index (χ0v) is 14.9. The number of hydrogen-bond donors (Lipinski definition) is 1. The van der Waals surface area contributed by atoms with E-state index in [-0.39, 0.29) is 11.7 Å². The molecule has 1 aliphatic heterocycles. The van der Waals surface area contributed by atoms with Crippen molar-refractivity contribution in [2.45, 2.75) is 58.0 Å². The number of sulfone groups is 1. The molecule has 1 aliphatic rings. The van der Waals surface area contributed by atoms with E-state index in [1.165, 1.54) is 6.92 Å². The van der Waals surface area contributed by atoms with Crippen LogP contribution >= 0.6 is 0 Å². The Morgan fingerprint density at radius 2 is 1.82 bits per heavy atom. The van der Waals surface area contributed by atoms with E-state index in [1.807, 2.05) is 0 Å². The topological polar surface area (TPSA) is 81.7 Å². The fourth-order valence-electron chi connectivity index (χ4n) is 2.76. The van der Waals surface area contributed by atoms with Crippen molar-refractivity contribution in [1.82, 2.24) is 5.32 Å². The first-order valence-electron chi connectivity index (χ1n) is 7.96. The minimum Gasteiger partial charge on any atom is -0.355 e. The minimum atomic E-state index is -3.34. The zero-order chi connectivity index (χ0) is 16.8. The van der Waals surface area contributed by atoms with Crippen LogP contribution in [0.2, 0.25) is 0 Å². The van der Waals surface area contributed by atoms with Gasteiger partial charge in [-0.05, 0) is 32.6 Å². The fourth-order valence-corrected chi connectivity index (χ4v) is 3.23. The molecule has 22 heavy (non-hydrogen) atoms. The summed E-state index contributed by atoms with van der Waals surface area (Å²) >= 11 is 0. The molecule has 1 rings (SSSR count). The Labute approximate surface area is 133 Å². The van der Waals surface area contributed by atoms with Gasteiger partial charge in [-0.25, -0.2) is 8.42 Å². The largest absolute Gasteiger partial charge is 0.355 e. The highest BCUT2D eigenvalue weighted by Gasteiger charge is 2.39.